The van der Waals surface area contributed by atoms with Crippen LogP contribution < -0.4 is 32.7 Å². The third-order valence-corrected chi connectivity index (χ3v) is 7.76. The van der Waals surface area contributed by atoms with Crippen LogP contribution in [-0.4, -0.2) is 83.1 Å². The number of carboxylic acids is 1. The van der Waals surface area contributed by atoms with Crippen molar-refractivity contribution < 1.29 is 43.3 Å². The Morgan fingerprint density at radius 1 is 0.820 bits per heavy atom. The van der Waals surface area contributed by atoms with Gasteiger partial charge < -0.3 is 47.3 Å². The smallest absolute Gasteiger partial charge is 0.408 e. The van der Waals surface area contributed by atoms with Crippen LogP contribution in [-0.2, 0) is 40.1 Å². The largest absolute Gasteiger partial charge is 0.480 e. The Morgan fingerprint density at radius 2 is 1.38 bits per heavy atom. The molecule has 0 radical (unpaired) electrons. The van der Waals surface area contributed by atoms with Crippen molar-refractivity contribution in [1.82, 2.24) is 21.3 Å². The number of guanidine groups is 1. The molecule has 0 saturated heterocycles. The molecule has 0 fully saturated rings. The molecule has 280 valence electrons. The number of nitrogens with two attached hydrogens (primary N) is 2. The van der Waals surface area contributed by atoms with Crippen LogP contribution in [0.5, 0.6) is 0 Å². The number of hydrogen-bond acceptors (Lipinski definition) is 9. The highest BCUT2D eigenvalue weighted by Crippen LogP contribution is 2.14. The molecule has 9 N–H and O–H groups in total. The summed E-state index contributed by atoms with van der Waals surface area (Å²) in [5.41, 5.74) is 10.6. The summed E-state index contributed by atoms with van der Waals surface area (Å²) in [6.45, 7) is 11.9. The number of nitrogens with zero attached hydrogens (tertiary/aromatic N) is 1. The van der Waals surface area contributed by atoms with E-state index in [1.165, 1.54) is 0 Å². The van der Waals surface area contributed by atoms with Crippen LogP contribution in [0.25, 0.3) is 0 Å². The molecule has 1 aromatic carbocycles. The first-order valence-corrected chi connectivity index (χ1v) is 16.8. The fraction of sp³-hybridized carbons (Fsp3) is 0.618. The summed E-state index contributed by atoms with van der Waals surface area (Å²) in [5.74, 6) is -5.59. The van der Waals surface area contributed by atoms with Crippen LogP contribution in [0, 0.1) is 11.8 Å². The zero-order chi connectivity index (χ0) is 38.0. The number of carbonyl (C=O) groups is 6. The third-order valence-electron chi connectivity index (χ3n) is 7.76. The first-order chi connectivity index (χ1) is 23.4. The maximum absolute atomic E-state index is 13.8. The van der Waals surface area contributed by atoms with E-state index in [1.807, 2.05) is 13.0 Å². The Labute approximate surface area is 293 Å². The van der Waals surface area contributed by atoms with E-state index in [1.54, 1.807) is 65.8 Å². The topological polar surface area (TPSA) is 254 Å². The molecule has 1 aromatic rings. The Morgan fingerprint density at radius 3 is 1.92 bits per heavy atom. The van der Waals surface area contributed by atoms with Crippen molar-refractivity contribution in [2.45, 2.75) is 117 Å². The van der Waals surface area contributed by atoms with Gasteiger partial charge in [-0.2, -0.15) is 0 Å². The molecular weight excluding hydrogens is 650 g/mol. The predicted molar refractivity (Wildman–Crippen MR) is 186 cm³/mol. The standard InChI is InChI=1S/C34H55N7O9/c1-8-20(3)26(41-33(48)49-19-22-14-11-10-12-15-22)30(45)39-24(18-25(42)50-34(5,6)7)29(44)38-23(16-13-17-37-32(35)36)28(43)40-27(31(46)47)21(4)9-2/h10-12,14-15,20-21,23-24,26-27H,8-9,13,16-19H2,1-7H3,(H,38,44)(H,39,45)(H,40,43)(H,41,48)(H,46,47)(H4,35,36,37)/t20-,21-,23-,24-,26-,27-/m0/s1. The number of ether oxygens (including phenoxy) is 2. The lowest BCUT2D eigenvalue weighted by Crippen LogP contribution is -2.59. The lowest BCUT2D eigenvalue weighted by Gasteiger charge is -2.28. The molecule has 0 spiro atoms. The first kappa shape index (κ1) is 43.1. The molecule has 0 aromatic heterocycles. The Hall–Kier alpha value is -4.89. The van der Waals surface area contributed by atoms with Gasteiger partial charge in [0.15, 0.2) is 5.96 Å². The Bertz CT molecular complexity index is 1310. The quantitative estimate of drug-likeness (QED) is 0.0445. The van der Waals surface area contributed by atoms with E-state index >= 15 is 0 Å². The second-order valence-corrected chi connectivity index (χ2v) is 13.1. The van der Waals surface area contributed by atoms with Gasteiger partial charge in [0.2, 0.25) is 17.7 Å². The van der Waals surface area contributed by atoms with E-state index in [0.29, 0.717) is 12.8 Å². The van der Waals surface area contributed by atoms with Gasteiger partial charge >= 0.3 is 18.0 Å². The van der Waals surface area contributed by atoms with Gasteiger partial charge in [0, 0.05) is 6.54 Å². The third kappa shape index (κ3) is 16.5. The summed E-state index contributed by atoms with van der Waals surface area (Å²) in [7, 11) is 0. The van der Waals surface area contributed by atoms with Gasteiger partial charge in [-0.1, -0.05) is 70.9 Å². The average Bonchev–Trinajstić information content (AvgIpc) is 3.04. The summed E-state index contributed by atoms with van der Waals surface area (Å²) >= 11 is 0. The van der Waals surface area contributed by atoms with E-state index in [0.717, 1.165) is 5.56 Å². The van der Waals surface area contributed by atoms with Crippen LogP contribution in [0.15, 0.2) is 35.3 Å². The fourth-order valence-corrected chi connectivity index (χ4v) is 4.60. The molecular formula is C34H55N7O9. The van der Waals surface area contributed by atoms with Crippen LogP contribution >= 0.6 is 0 Å². The van der Waals surface area contributed by atoms with Gasteiger partial charge in [0.1, 0.15) is 36.4 Å². The zero-order valence-corrected chi connectivity index (χ0v) is 30.1. The number of amides is 4. The molecule has 0 aliphatic heterocycles. The van der Waals surface area contributed by atoms with Gasteiger partial charge in [-0.15, -0.1) is 0 Å². The minimum absolute atomic E-state index is 0.0153. The number of aliphatic imine (C=N–C) groups is 1. The van der Waals surface area contributed by atoms with Crippen molar-refractivity contribution in [2.75, 3.05) is 6.54 Å². The highest BCUT2D eigenvalue weighted by atomic mass is 16.6. The number of benzene rings is 1. The van der Waals surface area contributed by atoms with E-state index in [9.17, 15) is 33.9 Å². The molecule has 16 heteroatoms. The van der Waals surface area contributed by atoms with Crippen LogP contribution in [0.1, 0.15) is 86.1 Å². The van der Waals surface area contributed by atoms with Crippen LogP contribution in [0.4, 0.5) is 4.79 Å². The summed E-state index contributed by atoms with van der Waals surface area (Å²) in [4.78, 5) is 82.3. The molecule has 0 unspecified atom stereocenters. The Balaban J connectivity index is 3.32. The number of hydrogen-bond donors (Lipinski definition) is 7. The number of rotatable bonds is 20. The SMILES string of the molecule is CC[C@H](C)[C@H](NC(=O)[C@H](CCCN=C(N)N)NC(=O)[C@H](CC(=O)OC(C)(C)C)NC(=O)[C@@H](NC(=O)OCc1ccccc1)[C@@H](C)CC)C(=O)O. The summed E-state index contributed by atoms with van der Waals surface area (Å²) < 4.78 is 10.7. The molecule has 1 rings (SSSR count). The fourth-order valence-electron chi connectivity index (χ4n) is 4.60. The molecule has 50 heavy (non-hydrogen) atoms. The summed E-state index contributed by atoms with van der Waals surface area (Å²) in [6.07, 6.45) is -0.376. The minimum Gasteiger partial charge on any atom is -0.480 e. The van der Waals surface area contributed by atoms with Crippen molar-refractivity contribution in [1.29, 1.82) is 0 Å². The molecule has 4 amide bonds. The van der Waals surface area contributed by atoms with Gasteiger partial charge in [-0.3, -0.25) is 24.2 Å². The number of carboxylic acid groups (broad SMARTS) is 1. The van der Waals surface area contributed by atoms with E-state index in [-0.39, 0.29) is 32.0 Å². The number of esters is 1. The lowest BCUT2D eigenvalue weighted by molar-refractivity contribution is -0.156. The maximum atomic E-state index is 13.8. The van der Waals surface area contributed by atoms with E-state index in [2.05, 4.69) is 26.3 Å². The van der Waals surface area contributed by atoms with Gasteiger partial charge in [-0.25, -0.2) is 9.59 Å². The van der Waals surface area contributed by atoms with Gasteiger partial charge in [0.25, 0.3) is 0 Å². The lowest BCUT2D eigenvalue weighted by atomic mass is 9.97. The molecule has 0 aliphatic rings. The maximum Gasteiger partial charge on any atom is 0.408 e. The molecule has 0 saturated carbocycles. The molecule has 16 nitrogen and oxygen atoms in total. The Kier molecular flexibility index (Phi) is 18.3. The van der Waals surface area contributed by atoms with Gasteiger partial charge in [-0.05, 0) is 51.0 Å². The number of nitrogens with one attached hydrogen (secondary N) is 4. The van der Waals surface area contributed by atoms with Gasteiger partial charge in [0.05, 0.1) is 6.42 Å². The molecule has 0 bridgehead atoms. The zero-order valence-electron chi connectivity index (χ0n) is 30.1. The predicted octanol–water partition coefficient (Wildman–Crippen LogP) is 1.70. The monoisotopic (exact) mass is 705 g/mol. The van der Waals surface area contributed by atoms with Crippen LogP contribution in [0.3, 0.4) is 0 Å². The van der Waals surface area contributed by atoms with Crippen molar-refractivity contribution in [3.63, 3.8) is 0 Å². The minimum atomic E-state index is -1.55. The average molecular weight is 706 g/mol. The van der Waals surface area contributed by atoms with Crippen molar-refractivity contribution in [3.8, 4) is 0 Å². The van der Waals surface area contributed by atoms with E-state index in [4.69, 9.17) is 20.9 Å². The molecule has 0 heterocycles. The number of aliphatic carboxylic acids is 1. The first-order valence-electron chi connectivity index (χ1n) is 16.8. The van der Waals surface area contributed by atoms with Crippen molar-refractivity contribution >= 4 is 41.7 Å². The highest BCUT2D eigenvalue weighted by molar-refractivity contribution is 5.96. The summed E-state index contributed by atoms with van der Waals surface area (Å²) in [6, 6.07) is 3.68. The molecule has 6 atom stereocenters. The van der Waals surface area contributed by atoms with Crippen LogP contribution in [0.2, 0.25) is 0 Å². The van der Waals surface area contributed by atoms with Crippen molar-refractivity contribution in [3.05, 3.63) is 35.9 Å². The second-order valence-electron chi connectivity index (χ2n) is 13.1. The number of alkyl carbamates (subject to hydrolysis) is 1. The molecule has 0 aliphatic carbocycles. The van der Waals surface area contributed by atoms with Crippen molar-refractivity contribution in [2.24, 2.45) is 28.3 Å². The van der Waals surface area contributed by atoms with E-state index < -0.39 is 83.8 Å². The second kappa shape index (κ2) is 21.3. The summed E-state index contributed by atoms with van der Waals surface area (Å²) in [5, 5.41) is 19.8. The normalized spacial score (nSPS) is 14.7. The number of carbonyl (C=O) groups excluding carboxylic acids is 5. The highest BCUT2D eigenvalue weighted by Gasteiger charge is 2.35.